The quantitative estimate of drug-likeness (QED) is 0.785. The van der Waals surface area contributed by atoms with Crippen molar-refractivity contribution in [3.05, 3.63) is 64.7 Å². The normalized spacial score (nSPS) is 13.1. The average Bonchev–Trinajstić information content (AvgIpc) is 2.38. The average molecular weight is 300 g/mol. The van der Waals surface area contributed by atoms with Gasteiger partial charge in [-0.25, -0.2) is 0 Å². The van der Waals surface area contributed by atoms with E-state index in [2.05, 4.69) is 5.32 Å². The molecule has 0 heterocycles. The minimum absolute atomic E-state index is 0.0580. The molecule has 1 N–H and O–H groups in total. The van der Waals surface area contributed by atoms with Gasteiger partial charge in [0.2, 0.25) is 0 Å². The van der Waals surface area contributed by atoms with Crippen LogP contribution in [-0.4, -0.2) is 0 Å². The van der Waals surface area contributed by atoms with Crippen molar-refractivity contribution in [3.8, 4) is 0 Å². The lowest BCUT2D eigenvalue weighted by Gasteiger charge is -2.17. The Hall–Kier alpha value is -1.68. The number of hydrogen-bond donors (Lipinski definition) is 1. The predicted molar refractivity (Wildman–Crippen MR) is 74.9 cm³/mol. The number of nitrogens with one attached hydrogen (secondary N) is 1. The molecule has 1 nitrogen and oxygen atoms in total. The monoisotopic (exact) mass is 299 g/mol. The van der Waals surface area contributed by atoms with Crippen LogP contribution < -0.4 is 5.32 Å². The van der Waals surface area contributed by atoms with Gasteiger partial charge in [0.05, 0.1) is 5.56 Å². The molecule has 0 aromatic heterocycles. The molecule has 20 heavy (non-hydrogen) atoms. The summed E-state index contributed by atoms with van der Waals surface area (Å²) in [6.07, 6.45) is -4.41. The summed E-state index contributed by atoms with van der Waals surface area (Å²) in [5.41, 5.74) is 0.579. The van der Waals surface area contributed by atoms with E-state index in [1.165, 1.54) is 6.07 Å². The molecule has 1 unspecified atom stereocenters. The summed E-state index contributed by atoms with van der Waals surface area (Å²) in [4.78, 5) is 0. The van der Waals surface area contributed by atoms with E-state index < -0.39 is 11.7 Å². The molecular weight excluding hydrogens is 287 g/mol. The van der Waals surface area contributed by atoms with Crippen LogP contribution in [0.3, 0.4) is 0 Å². The maximum atomic E-state index is 12.7. The molecule has 2 rings (SSSR count). The Morgan fingerprint density at radius 1 is 1.05 bits per heavy atom. The molecule has 0 spiro atoms. The standard InChI is InChI=1S/C15H13ClF3N/c1-10(11-5-3-2-4-6-11)20-14-8-12(15(17,18)19)7-13(16)9-14/h2-10,20H,1H3. The second-order valence-electron chi connectivity index (χ2n) is 4.50. The van der Waals surface area contributed by atoms with E-state index >= 15 is 0 Å². The summed E-state index contributed by atoms with van der Waals surface area (Å²) in [5.74, 6) is 0. The third kappa shape index (κ3) is 3.67. The summed E-state index contributed by atoms with van der Waals surface area (Å²) in [6, 6.07) is 12.8. The van der Waals surface area contributed by atoms with Gasteiger partial charge in [0.1, 0.15) is 0 Å². The van der Waals surface area contributed by atoms with Gasteiger partial charge in [-0.3, -0.25) is 0 Å². The summed E-state index contributed by atoms with van der Waals surface area (Å²) in [6.45, 7) is 1.88. The molecule has 0 fully saturated rings. The Balaban J connectivity index is 2.24. The molecule has 0 saturated carbocycles. The lowest BCUT2D eigenvalue weighted by molar-refractivity contribution is -0.137. The van der Waals surface area contributed by atoms with Crippen molar-refractivity contribution < 1.29 is 13.2 Å². The Bertz CT molecular complexity index is 581. The maximum absolute atomic E-state index is 12.7. The van der Waals surface area contributed by atoms with E-state index in [0.29, 0.717) is 5.69 Å². The van der Waals surface area contributed by atoms with Crippen LogP contribution in [0.5, 0.6) is 0 Å². The fourth-order valence-electron chi connectivity index (χ4n) is 1.91. The number of rotatable bonds is 3. The van der Waals surface area contributed by atoms with E-state index in [1.807, 2.05) is 37.3 Å². The van der Waals surface area contributed by atoms with Gasteiger partial charge in [0, 0.05) is 16.8 Å². The van der Waals surface area contributed by atoms with E-state index in [0.717, 1.165) is 17.7 Å². The molecule has 2 aromatic rings. The lowest BCUT2D eigenvalue weighted by Crippen LogP contribution is -2.09. The van der Waals surface area contributed by atoms with E-state index in [4.69, 9.17) is 11.6 Å². The van der Waals surface area contributed by atoms with Crippen LogP contribution in [-0.2, 0) is 6.18 Å². The molecule has 106 valence electrons. The van der Waals surface area contributed by atoms with Gasteiger partial charge < -0.3 is 5.32 Å². The second-order valence-corrected chi connectivity index (χ2v) is 4.94. The van der Waals surface area contributed by atoms with E-state index in [1.54, 1.807) is 0 Å². The minimum Gasteiger partial charge on any atom is -0.378 e. The summed E-state index contributed by atoms with van der Waals surface area (Å²) >= 11 is 5.75. The first kappa shape index (κ1) is 14.7. The first-order valence-electron chi connectivity index (χ1n) is 6.05. The summed E-state index contributed by atoms with van der Waals surface area (Å²) in [7, 11) is 0. The Kier molecular flexibility index (Phi) is 4.23. The summed E-state index contributed by atoms with van der Waals surface area (Å²) < 4.78 is 38.2. The van der Waals surface area contributed by atoms with Gasteiger partial charge >= 0.3 is 6.18 Å². The molecule has 0 aliphatic rings. The molecular formula is C15H13ClF3N. The number of benzene rings is 2. The van der Waals surface area contributed by atoms with Crippen LogP contribution in [0.2, 0.25) is 5.02 Å². The molecule has 5 heteroatoms. The topological polar surface area (TPSA) is 12.0 Å². The maximum Gasteiger partial charge on any atom is 0.416 e. The van der Waals surface area contributed by atoms with Crippen molar-refractivity contribution in [3.63, 3.8) is 0 Å². The van der Waals surface area contributed by atoms with Gasteiger partial charge in [0.15, 0.2) is 0 Å². The molecule has 2 aromatic carbocycles. The molecule has 0 saturated heterocycles. The van der Waals surface area contributed by atoms with Crippen molar-refractivity contribution in [1.82, 2.24) is 0 Å². The zero-order valence-corrected chi connectivity index (χ0v) is 11.5. The molecule has 0 amide bonds. The van der Waals surface area contributed by atoms with Crippen LogP contribution >= 0.6 is 11.6 Å². The number of hydrogen-bond acceptors (Lipinski definition) is 1. The van der Waals surface area contributed by atoms with Gasteiger partial charge in [-0.15, -0.1) is 0 Å². The fourth-order valence-corrected chi connectivity index (χ4v) is 2.15. The highest BCUT2D eigenvalue weighted by atomic mass is 35.5. The third-order valence-corrected chi connectivity index (χ3v) is 3.13. The SMILES string of the molecule is CC(Nc1cc(Cl)cc(C(F)(F)F)c1)c1ccccc1. The largest absolute Gasteiger partial charge is 0.416 e. The van der Waals surface area contributed by atoms with Gasteiger partial charge in [-0.1, -0.05) is 41.9 Å². The minimum atomic E-state index is -4.41. The number of halogens is 4. The lowest BCUT2D eigenvalue weighted by atomic mass is 10.1. The number of alkyl halides is 3. The number of anilines is 1. The van der Waals surface area contributed by atoms with E-state index in [9.17, 15) is 13.2 Å². The van der Waals surface area contributed by atoms with Gasteiger partial charge in [0.25, 0.3) is 0 Å². The molecule has 0 aliphatic carbocycles. The van der Waals surface area contributed by atoms with Gasteiger partial charge in [-0.05, 0) is 30.7 Å². The molecule has 0 bridgehead atoms. The second kappa shape index (κ2) is 5.75. The van der Waals surface area contributed by atoms with Gasteiger partial charge in [-0.2, -0.15) is 13.2 Å². The van der Waals surface area contributed by atoms with Crippen molar-refractivity contribution in [1.29, 1.82) is 0 Å². The van der Waals surface area contributed by atoms with Crippen molar-refractivity contribution in [2.45, 2.75) is 19.1 Å². The van der Waals surface area contributed by atoms with Crippen LogP contribution in [0.1, 0.15) is 24.1 Å². The zero-order valence-electron chi connectivity index (χ0n) is 10.7. The Morgan fingerprint density at radius 3 is 2.30 bits per heavy atom. The van der Waals surface area contributed by atoms with Crippen LogP contribution in [0.25, 0.3) is 0 Å². The fraction of sp³-hybridized carbons (Fsp3) is 0.200. The smallest absolute Gasteiger partial charge is 0.378 e. The molecule has 0 radical (unpaired) electrons. The highest BCUT2D eigenvalue weighted by Gasteiger charge is 2.31. The third-order valence-electron chi connectivity index (χ3n) is 2.91. The first-order valence-corrected chi connectivity index (χ1v) is 6.43. The van der Waals surface area contributed by atoms with Crippen molar-refractivity contribution in [2.75, 3.05) is 5.32 Å². The summed E-state index contributed by atoms with van der Waals surface area (Å²) in [5, 5.41) is 3.08. The first-order chi connectivity index (χ1) is 9.36. The van der Waals surface area contributed by atoms with Crippen molar-refractivity contribution >= 4 is 17.3 Å². The van der Waals surface area contributed by atoms with Crippen LogP contribution in [0, 0.1) is 0 Å². The molecule has 1 atom stereocenters. The Labute approximate surface area is 120 Å². The van der Waals surface area contributed by atoms with Crippen LogP contribution in [0.4, 0.5) is 18.9 Å². The van der Waals surface area contributed by atoms with Crippen LogP contribution in [0.15, 0.2) is 48.5 Å². The van der Waals surface area contributed by atoms with E-state index in [-0.39, 0.29) is 11.1 Å². The highest BCUT2D eigenvalue weighted by molar-refractivity contribution is 6.30. The molecule has 0 aliphatic heterocycles. The predicted octanol–water partition coefficient (Wildman–Crippen LogP) is 5.53. The zero-order chi connectivity index (χ0) is 14.8. The highest BCUT2D eigenvalue weighted by Crippen LogP contribution is 2.34. The Morgan fingerprint density at radius 2 is 1.70 bits per heavy atom. The van der Waals surface area contributed by atoms with Crippen molar-refractivity contribution in [2.24, 2.45) is 0 Å².